The highest BCUT2D eigenvalue weighted by molar-refractivity contribution is 5.93. The number of nitrogens with zero attached hydrogens (tertiary/aromatic N) is 5. The monoisotopic (exact) mass is 313 g/mol. The molecule has 0 radical (unpaired) electrons. The number of aryl methyl sites for hydroxylation is 2. The number of anilines is 1. The Morgan fingerprint density at radius 2 is 2.00 bits per heavy atom. The van der Waals surface area contributed by atoms with E-state index in [-0.39, 0.29) is 11.9 Å². The van der Waals surface area contributed by atoms with Crippen molar-refractivity contribution in [3.63, 3.8) is 0 Å². The van der Waals surface area contributed by atoms with Crippen LogP contribution in [0, 0.1) is 6.92 Å². The van der Waals surface area contributed by atoms with Gasteiger partial charge in [0.15, 0.2) is 0 Å². The highest BCUT2D eigenvalue weighted by Crippen LogP contribution is 2.21. The van der Waals surface area contributed by atoms with Gasteiger partial charge in [0.1, 0.15) is 5.82 Å². The molecule has 1 fully saturated rings. The SMILES string of the molecule is Cc1ccc(N2CCC(N(C)C(=O)c3cnn(C)c3)CC2)nc1. The van der Waals surface area contributed by atoms with E-state index in [1.54, 1.807) is 17.1 Å². The van der Waals surface area contributed by atoms with Crippen LogP contribution in [0.2, 0.25) is 0 Å². The Hall–Kier alpha value is -2.37. The van der Waals surface area contributed by atoms with Crippen LogP contribution in [0.4, 0.5) is 5.82 Å². The average molecular weight is 313 g/mol. The van der Waals surface area contributed by atoms with Crippen molar-refractivity contribution in [2.75, 3.05) is 25.0 Å². The van der Waals surface area contributed by atoms with Crippen LogP contribution in [0.25, 0.3) is 0 Å². The molecule has 0 aliphatic carbocycles. The quantitative estimate of drug-likeness (QED) is 0.868. The lowest BCUT2D eigenvalue weighted by Gasteiger charge is -2.37. The van der Waals surface area contributed by atoms with Crippen molar-refractivity contribution in [3.8, 4) is 0 Å². The third-order valence-electron chi connectivity index (χ3n) is 4.50. The summed E-state index contributed by atoms with van der Waals surface area (Å²) in [6, 6.07) is 4.43. The minimum absolute atomic E-state index is 0.0463. The van der Waals surface area contributed by atoms with E-state index in [4.69, 9.17) is 0 Å². The van der Waals surface area contributed by atoms with Gasteiger partial charge in [-0.2, -0.15) is 5.10 Å². The summed E-state index contributed by atoms with van der Waals surface area (Å²) >= 11 is 0. The van der Waals surface area contributed by atoms with Gasteiger partial charge < -0.3 is 9.80 Å². The third kappa shape index (κ3) is 3.36. The first-order chi connectivity index (χ1) is 11.0. The van der Waals surface area contributed by atoms with Crippen molar-refractivity contribution in [1.29, 1.82) is 0 Å². The number of amides is 1. The molecule has 0 aromatic carbocycles. The summed E-state index contributed by atoms with van der Waals surface area (Å²) in [6.07, 6.45) is 7.21. The molecule has 1 saturated heterocycles. The second-order valence-electron chi connectivity index (χ2n) is 6.23. The van der Waals surface area contributed by atoms with Gasteiger partial charge in [-0.15, -0.1) is 0 Å². The maximum absolute atomic E-state index is 12.5. The van der Waals surface area contributed by atoms with Gasteiger partial charge >= 0.3 is 0 Å². The molecule has 1 aliphatic rings. The Morgan fingerprint density at radius 1 is 1.26 bits per heavy atom. The first kappa shape index (κ1) is 15.5. The summed E-state index contributed by atoms with van der Waals surface area (Å²) < 4.78 is 1.66. The van der Waals surface area contributed by atoms with E-state index in [0.717, 1.165) is 31.7 Å². The van der Waals surface area contributed by atoms with E-state index in [2.05, 4.69) is 27.1 Å². The van der Waals surface area contributed by atoms with Crippen molar-refractivity contribution in [2.24, 2.45) is 7.05 Å². The molecule has 1 aliphatic heterocycles. The molecule has 122 valence electrons. The Morgan fingerprint density at radius 3 is 2.57 bits per heavy atom. The third-order valence-corrected chi connectivity index (χ3v) is 4.50. The first-order valence-corrected chi connectivity index (χ1v) is 7.98. The zero-order valence-electron chi connectivity index (χ0n) is 13.9. The molecular weight excluding hydrogens is 290 g/mol. The molecule has 0 N–H and O–H groups in total. The van der Waals surface area contributed by atoms with Crippen LogP contribution in [0.1, 0.15) is 28.8 Å². The normalized spacial score (nSPS) is 15.7. The fourth-order valence-corrected chi connectivity index (χ4v) is 3.03. The molecule has 0 unspecified atom stereocenters. The molecule has 6 heteroatoms. The van der Waals surface area contributed by atoms with E-state index in [9.17, 15) is 4.79 Å². The smallest absolute Gasteiger partial charge is 0.257 e. The number of rotatable bonds is 3. The minimum Gasteiger partial charge on any atom is -0.356 e. The van der Waals surface area contributed by atoms with Gasteiger partial charge in [-0.1, -0.05) is 6.07 Å². The minimum atomic E-state index is 0.0463. The molecule has 23 heavy (non-hydrogen) atoms. The lowest BCUT2D eigenvalue weighted by molar-refractivity contribution is 0.0709. The maximum atomic E-state index is 12.5. The summed E-state index contributed by atoms with van der Waals surface area (Å²) in [5.41, 5.74) is 1.82. The number of piperidine rings is 1. The molecule has 3 rings (SSSR count). The van der Waals surface area contributed by atoms with Gasteiger partial charge in [-0.05, 0) is 31.4 Å². The lowest BCUT2D eigenvalue weighted by atomic mass is 10.0. The van der Waals surface area contributed by atoms with E-state index in [0.29, 0.717) is 5.56 Å². The molecule has 0 atom stereocenters. The topological polar surface area (TPSA) is 54.3 Å². The van der Waals surface area contributed by atoms with Crippen LogP contribution >= 0.6 is 0 Å². The van der Waals surface area contributed by atoms with Crippen LogP contribution in [-0.2, 0) is 7.05 Å². The zero-order chi connectivity index (χ0) is 16.4. The summed E-state index contributed by atoms with van der Waals surface area (Å²) in [7, 11) is 3.71. The number of aromatic nitrogens is 3. The fraction of sp³-hybridized carbons (Fsp3) is 0.471. The largest absolute Gasteiger partial charge is 0.356 e. The van der Waals surface area contributed by atoms with Gasteiger partial charge in [-0.25, -0.2) is 4.98 Å². The highest BCUT2D eigenvalue weighted by atomic mass is 16.2. The molecule has 3 heterocycles. The summed E-state index contributed by atoms with van der Waals surface area (Å²) in [5.74, 6) is 1.07. The predicted octanol–water partition coefficient (Wildman–Crippen LogP) is 1.86. The van der Waals surface area contributed by atoms with Gasteiger partial charge in [0.2, 0.25) is 0 Å². The van der Waals surface area contributed by atoms with Crippen LogP contribution < -0.4 is 4.90 Å². The molecule has 2 aromatic rings. The van der Waals surface area contributed by atoms with Crippen LogP contribution in [0.5, 0.6) is 0 Å². The molecule has 2 aromatic heterocycles. The second-order valence-corrected chi connectivity index (χ2v) is 6.23. The van der Waals surface area contributed by atoms with Crippen molar-refractivity contribution in [3.05, 3.63) is 41.9 Å². The Bertz CT molecular complexity index is 671. The second kappa shape index (κ2) is 6.40. The first-order valence-electron chi connectivity index (χ1n) is 7.98. The zero-order valence-corrected chi connectivity index (χ0v) is 13.9. The Kier molecular flexibility index (Phi) is 4.32. The molecule has 0 bridgehead atoms. The maximum Gasteiger partial charge on any atom is 0.257 e. The van der Waals surface area contributed by atoms with Gasteiger partial charge in [0, 0.05) is 45.6 Å². The van der Waals surface area contributed by atoms with E-state index in [1.807, 2.05) is 32.1 Å². The van der Waals surface area contributed by atoms with E-state index in [1.165, 1.54) is 5.56 Å². The van der Waals surface area contributed by atoms with Crippen LogP contribution in [0.15, 0.2) is 30.7 Å². The summed E-state index contributed by atoms with van der Waals surface area (Å²) in [4.78, 5) is 21.1. The van der Waals surface area contributed by atoms with Gasteiger partial charge in [0.05, 0.1) is 11.8 Å². The van der Waals surface area contributed by atoms with Crippen molar-refractivity contribution < 1.29 is 4.79 Å². The number of carbonyl (C=O) groups is 1. The van der Waals surface area contributed by atoms with Crippen molar-refractivity contribution >= 4 is 11.7 Å². The fourth-order valence-electron chi connectivity index (χ4n) is 3.03. The molecule has 0 spiro atoms. The average Bonchev–Trinajstić information content (AvgIpc) is 3.01. The molecule has 6 nitrogen and oxygen atoms in total. The number of hydrogen-bond acceptors (Lipinski definition) is 4. The molecule has 0 saturated carbocycles. The van der Waals surface area contributed by atoms with E-state index >= 15 is 0 Å². The van der Waals surface area contributed by atoms with Crippen molar-refractivity contribution in [1.82, 2.24) is 19.7 Å². The standard InChI is InChI=1S/C17H23N5O/c1-13-4-5-16(18-10-13)22-8-6-15(7-9-22)21(3)17(23)14-11-19-20(2)12-14/h4-5,10-12,15H,6-9H2,1-3H3. The Balaban J connectivity index is 1.60. The summed E-state index contributed by atoms with van der Waals surface area (Å²) in [6.45, 7) is 3.89. The molecule has 1 amide bonds. The lowest BCUT2D eigenvalue weighted by Crippen LogP contribution is -2.45. The highest BCUT2D eigenvalue weighted by Gasteiger charge is 2.26. The Labute approximate surface area is 136 Å². The predicted molar refractivity (Wildman–Crippen MR) is 89.5 cm³/mol. The molecular formula is C17H23N5O. The number of carbonyl (C=O) groups excluding carboxylic acids is 1. The van der Waals surface area contributed by atoms with Crippen LogP contribution in [-0.4, -0.2) is 51.8 Å². The van der Waals surface area contributed by atoms with Gasteiger partial charge in [0.25, 0.3) is 5.91 Å². The van der Waals surface area contributed by atoms with Crippen molar-refractivity contribution in [2.45, 2.75) is 25.8 Å². The number of pyridine rings is 1. The number of hydrogen-bond donors (Lipinski definition) is 0. The van der Waals surface area contributed by atoms with Gasteiger partial charge in [-0.3, -0.25) is 9.48 Å². The summed E-state index contributed by atoms with van der Waals surface area (Å²) in [5, 5.41) is 4.08. The van der Waals surface area contributed by atoms with E-state index < -0.39 is 0 Å². The van der Waals surface area contributed by atoms with Crippen LogP contribution in [0.3, 0.4) is 0 Å².